The first kappa shape index (κ1) is 14.6. The Morgan fingerprint density at radius 1 is 1.35 bits per heavy atom. The van der Waals surface area contributed by atoms with E-state index in [1.807, 2.05) is 13.0 Å². The van der Waals surface area contributed by atoms with Crippen molar-refractivity contribution in [3.05, 3.63) is 28.3 Å². The van der Waals surface area contributed by atoms with Gasteiger partial charge in [0.15, 0.2) is 0 Å². The SMILES string of the molecule is CCNc1cc(NCC2CCN(C)C2)cc([N+](=O)[O-])c1. The van der Waals surface area contributed by atoms with Crippen molar-refractivity contribution in [2.45, 2.75) is 13.3 Å². The molecule has 1 heterocycles. The van der Waals surface area contributed by atoms with Gasteiger partial charge in [0.05, 0.1) is 4.92 Å². The van der Waals surface area contributed by atoms with Crippen molar-refractivity contribution in [3.8, 4) is 0 Å². The van der Waals surface area contributed by atoms with Crippen molar-refractivity contribution in [3.63, 3.8) is 0 Å². The second kappa shape index (κ2) is 6.56. The topological polar surface area (TPSA) is 70.4 Å². The van der Waals surface area contributed by atoms with Crippen LogP contribution in [-0.2, 0) is 0 Å². The van der Waals surface area contributed by atoms with E-state index < -0.39 is 0 Å². The lowest BCUT2D eigenvalue weighted by molar-refractivity contribution is -0.384. The van der Waals surface area contributed by atoms with E-state index in [9.17, 15) is 10.1 Å². The third-order valence-corrected chi connectivity index (χ3v) is 3.59. The van der Waals surface area contributed by atoms with E-state index in [0.29, 0.717) is 5.92 Å². The fraction of sp³-hybridized carbons (Fsp3) is 0.571. The van der Waals surface area contributed by atoms with E-state index in [1.165, 1.54) is 6.42 Å². The Hall–Kier alpha value is -1.82. The van der Waals surface area contributed by atoms with Gasteiger partial charge in [-0.05, 0) is 38.9 Å². The molecule has 1 fully saturated rings. The van der Waals surface area contributed by atoms with Crippen LogP contribution in [0.2, 0.25) is 0 Å². The number of non-ortho nitro benzene ring substituents is 1. The van der Waals surface area contributed by atoms with E-state index >= 15 is 0 Å². The summed E-state index contributed by atoms with van der Waals surface area (Å²) >= 11 is 0. The zero-order chi connectivity index (χ0) is 14.5. The van der Waals surface area contributed by atoms with Gasteiger partial charge in [0.2, 0.25) is 0 Å². The van der Waals surface area contributed by atoms with E-state index in [-0.39, 0.29) is 10.6 Å². The first-order chi connectivity index (χ1) is 9.58. The molecule has 1 atom stereocenters. The van der Waals surface area contributed by atoms with Crippen molar-refractivity contribution in [1.29, 1.82) is 0 Å². The maximum absolute atomic E-state index is 11.0. The van der Waals surface area contributed by atoms with Crippen LogP contribution < -0.4 is 10.6 Å². The van der Waals surface area contributed by atoms with Gasteiger partial charge in [-0.2, -0.15) is 0 Å². The Labute approximate surface area is 119 Å². The van der Waals surface area contributed by atoms with E-state index in [1.54, 1.807) is 12.1 Å². The smallest absolute Gasteiger partial charge is 0.273 e. The van der Waals surface area contributed by atoms with Crippen LogP contribution in [0.3, 0.4) is 0 Å². The molecule has 1 unspecified atom stereocenters. The largest absolute Gasteiger partial charge is 0.385 e. The number of nitrogens with zero attached hydrogens (tertiary/aromatic N) is 2. The van der Waals surface area contributed by atoms with Gasteiger partial charge < -0.3 is 15.5 Å². The number of benzene rings is 1. The van der Waals surface area contributed by atoms with Crippen molar-refractivity contribution >= 4 is 17.1 Å². The molecule has 0 aromatic heterocycles. The summed E-state index contributed by atoms with van der Waals surface area (Å²) in [6.45, 7) is 5.79. The normalized spacial score (nSPS) is 19.0. The van der Waals surface area contributed by atoms with Crippen molar-refractivity contribution in [2.75, 3.05) is 43.9 Å². The number of anilines is 2. The Bertz CT molecular complexity index is 478. The standard InChI is InChI=1S/C14H22N4O2/c1-3-15-12-6-13(8-14(7-12)18(19)20)16-9-11-4-5-17(2)10-11/h6-8,11,15-16H,3-5,9-10H2,1-2H3. The summed E-state index contributed by atoms with van der Waals surface area (Å²) in [4.78, 5) is 12.9. The minimum absolute atomic E-state index is 0.120. The molecule has 1 aromatic carbocycles. The van der Waals surface area contributed by atoms with Crippen LogP contribution >= 0.6 is 0 Å². The molecule has 0 aliphatic carbocycles. The predicted molar refractivity (Wildman–Crippen MR) is 81.4 cm³/mol. The van der Waals surface area contributed by atoms with Gasteiger partial charge in [-0.15, -0.1) is 0 Å². The number of nitrogens with one attached hydrogen (secondary N) is 2. The molecule has 1 aromatic rings. The fourth-order valence-corrected chi connectivity index (χ4v) is 2.58. The van der Waals surface area contributed by atoms with Crippen LogP contribution in [0, 0.1) is 16.0 Å². The zero-order valence-electron chi connectivity index (χ0n) is 12.1. The molecule has 2 rings (SSSR count). The molecule has 110 valence electrons. The van der Waals surface area contributed by atoms with Crippen LogP contribution in [0.1, 0.15) is 13.3 Å². The summed E-state index contributed by atoms with van der Waals surface area (Å²) in [6.07, 6.45) is 1.18. The molecular weight excluding hydrogens is 256 g/mol. The van der Waals surface area contributed by atoms with Crippen LogP contribution in [0.5, 0.6) is 0 Å². The van der Waals surface area contributed by atoms with Gasteiger partial charge in [-0.25, -0.2) is 0 Å². The highest BCUT2D eigenvalue weighted by molar-refractivity contribution is 5.63. The second-order valence-corrected chi connectivity index (χ2v) is 5.35. The lowest BCUT2D eigenvalue weighted by atomic mass is 10.1. The Morgan fingerprint density at radius 2 is 2.05 bits per heavy atom. The monoisotopic (exact) mass is 278 g/mol. The molecule has 0 amide bonds. The van der Waals surface area contributed by atoms with Crippen LogP contribution in [0.25, 0.3) is 0 Å². The first-order valence-corrected chi connectivity index (χ1v) is 7.04. The molecule has 0 radical (unpaired) electrons. The third-order valence-electron chi connectivity index (χ3n) is 3.59. The Balaban J connectivity index is 2.03. The molecule has 0 spiro atoms. The summed E-state index contributed by atoms with van der Waals surface area (Å²) in [5, 5.41) is 17.4. The van der Waals surface area contributed by atoms with Gasteiger partial charge >= 0.3 is 0 Å². The molecule has 0 saturated carbocycles. The quantitative estimate of drug-likeness (QED) is 0.617. The van der Waals surface area contributed by atoms with E-state index in [0.717, 1.165) is 37.6 Å². The number of nitro groups is 1. The van der Waals surface area contributed by atoms with Gasteiger partial charge in [-0.3, -0.25) is 10.1 Å². The third kappa shape index (κ3) is 3.84. The minimum Gasteiger partial charge on any atom is -0.385 e. The maximum atomic E-state index is 11.0. The number of likely N-dealkylation sites (tertiary alicyclic amines) is 1. The summed E-state index contributed by atoms with van der Waals surface area (Å²) in [5.41, 5.74) is 1.71. The van der Waals surface area contributed by atoms with Crippen LogP contribution in [-0.4, -0.2) is 43.0 Å². The highest BCUT2D eigenvalue weighted by Crippen LogP contribution is 2.25. The summed E-state index contributed by atoms with van der Waals surface area (Å²) < 4.78 is 0. The molecule has 1 aliphatic rings. The number of hydrogen-bond acceptors (Lipinski definition) is 5. The van der Waals surface area contributed by atoms with Crippen molar-refractivity contribution in [1.82, 2.24) is 4.90 Å². The number of hydrogen-bond donors (Lipinski definition) is 2. The molecule has 0 bridgehead atoms. The molecule has 6 heteroatoms. The summed E-state index contributed by atoms with van der Waals surface area (Å²) in [6, 6.07) is 5.09. The summed E-state index contributed by atoms with van der Waals surface area (Å²) in [7, 11) is 2.12. The fourth-order valence-electron chi connectivity index (χ4n) is 2.58. The zero-order valence-corrected chi connectivity index (χ0v) is 12.1. The lowest BCUT2D eigenvalue weighted by Gasteiger charge is -2.14. The average Bonchev–Trinajstić information content (AvgIpc) is 2.82. The molecule has 1 aliphatic heterocycles. The van der Waals surface area contributed by atoms with E-state index in [2.05, 4.69) is 22.6 Å². The van der Waals surface area contributed by atoms with Crippen LogP contribution in [0.4, 0.5) is 17.1 Å². The molecule has 1 saturated heterocycles. The Morgan fingerprint density at radius 3 is 2.60 bits per heavy atom. The highest BCUT2D eigenvalue weighted by Gasteiger charge is 2.19. The predicted octanol–water partition coefficient (Wildman–Crippen LogP) is 2.39. The van der Waals surface area contributed by atoms with Gasteiger partial charge in [0.25, 0.3) is 5.69 Å². The van der Waals surface area contributed by atoms with E-state index in [4.69, 9.17) is 0 Å². The van der Waals surface area contributed by atoms with Gasteiger partial charge in [0, 0.05) is 43.1 Å². The van der Waals surface area contributed by atoms with Crippen molar-refractivity contribution in [2.24, 2.45) is 5.92 Å². The molecule has 20 heavy (non-hydrogen) atoms. The first-order valence-electron chi connectivity index (χ1n) is 7.04. The number of nitro benzene ring substituents is 1. The maximum Gasteiger partial charge on any atom is 0.273 e. The van der Waals surface area contributed by atoms with Gasteiger partial charge in [0.1, 0.15) is 0 Å². The highest BCUT2D eigenvalue weighted by atomic mass is 16.6. The molecule has 6 nitrogen and oxygen atoms in total. The average molecular weight is 278 g/mol. The Kier molecular flexibility index (Phi) is 4.79. The molecular formula is C14H22N4O2. The second-order valence-electron chi connectivity index (χ2n) is 5.35. The molecule has 2 N–H and O–H groups in total. The minimum atomic E-state index is -0.352. The van der Waals surface area contributed by atoms with Crippen LogP contribution in [0.15, 0.2) is 18.2 Å². The van der Waals surface area contributed by atoms with Gasteiger partial charge in [-0.1, -0.05) is 0 Å². The summed E-state index contributed by atoms with van der Waals surface area (Å²) in [5.74, 6) is 0.613. The van der Waals surface area contributed by atoms with Crippen molar-refractivity contribution < 1.29 is 4.92 Å². The lowest BCUT2D eigenvalue weighted by Crippen LogP contribution is -2.19. The number of rotatable bonds is 6.